The van der Waals surface area contributed by atoms with Crippen LogP contribution in [0.25, 0.3) is 0 Å². The summed E-state index contributed by atoms with van der Waals surface area (Å²) in [6, 6.07) is 14.6. The van der Waals surface area contributed by atoms with Gasteiger partial charge in [-0.1, -0.05) is 23.5 Å². The molecule has 1 amide bonds. The Labute approximate surface area is 163 Å². The lowest BCUT2D eigenvalue weighted by Crippen LogP contribution is -2.12. The van der Waals surface area contributed by atoms with Crippen LogP contribution in [0.1, 0.15) is 15.4 Å². The number of carbonyl (C=O) groups excluding carboxylic acids is 1. The number of anilines is 1. The predicted octanol–water partition coefficient (Wildman–Crippen LogP) is 4.18. The van der Waals surface area contributed by atoms with Gasteiger partial charge in [0.2, 0.25) is 5.13 Å². The Bertz CT molecular complexity index is 883. The third kappa shape index (κ3) is 4.80. The Morgan fingerprint density at radius 1 is 1.12 bits per heavy atom. The fraction of sp³-hybridized carbons (Fsp3) is 0.167. The fourth-order valence-corrected chi connectivity index (χ4v) is 3.32. The van der Waals surface area contributed by atoms with Crippen LogP contribution in [0.4, 0.5) is 5.13 Å². The summed E-state index contributed by atoms with van der Waals surface area (Å²) in [5, 5.41) is 12.1. The number of nitrogens with zero attached hydrogens (tertiary/aromatic N) is 2. The molecule has 0 spiro atoms. The van der Waals surface area contributed by atoms with E-state index in [0.717, 1.165) is 21.0 Å². The van der Waals surface area contributed by atoms with Crippen LogP contribution in [-0.4, -0.2) is 29.8 Å². The molecule has 1 N–H and O–H groups in total. The minimum atomic E-state index is -0.227. The number of ether oxygens (including phenoxy) is 2. The summed E-state index contributed by atoms with van der Waals surface area (Å²) in [6.45, 7) is 0.471. The molecule has 1 heterocycles. The lowest BCUT2D eigenvalue weighted by atomic mass is 10.2. The largest absolute Gasteiger partial charge is 0.497 e. The van der Waals surface area contributed by atoms with E-state index in [9.17, 15) is 4.79 Å². The average Bonchev–Trinajstić information content (AvgIpc) is 3.10. The SMILES string of the molecule is COc1ccc(OCCc2nnc(NC(=O)c3ccccc3Br)s2)cc1. The van der Waals surface area contributed by atoms with Gasteiger partial charge in [-0.3, -0.25) is 10.1 Å². The molecule has 3 rings (SSSR count). The number of nitrogens with one attached hydrogen (secondary N) is 1. The third-order valence-corrected chi connectivity index (χ3v) is 5.04. The number of hydrogen-bond donors (Lipinski definition) is 1. The number of hydrogen-bond acceptors (Lipinski definition) is 6. The van der Waals surface area contributed by atoms with Gasteiger partial charge < -0.3 is 9.47 Å². The van der Waals surface area contributed by atoms with Gasteiger partial charge in [-0.2, -0.15) is 0 Å². The van der Waals surface area contributed by atoms with Crippen molar-refractivity contribution < 1.29 is 14.3 Å². The zero-order valence-corrected chi connectivity index (χ0v) is 16.3. The third-order valence-electron chi connectivity index (χ3n) is 3.45. The Kier molecular flexibility index (Phi) is 6.19. The van der Waals surface area contributed by atoms with Crippen LogP contribution < -0.4 is 14.8 Å². The summed E-state index contributed by atoms with van der Waals surface area (Å²) >= 11 is 4.70. The quantitative estimate of drug-likeness (QED) is 0.604. The summed E-state index contributed by atoms with van der Waals surface area (Å²) < 4.78 is 11.5. The molecule has 6 nitrogen and oxygen atoms in total. The van der Waals surface area contributed by atoms with Crippen molar-refractivity contribution in [1.29, 1.82) is 0 Å². The molecular formula is C18H16BrN3O3S. The van der Waals surface area contributed by atoms with E-state index in [2.05, 4.69) is 31.4 Å². The van der Waals surface area contributed by atoms with Crippen molar-refractivity contribution in [2.75, 3.05) is 19.0 Å². The number of amides is 1. The van der Waals surface area contributed by atoms with Crippen LogP contribution in [0, 0.1) is 0 Å². The van der Waals surface area contributed by atoms with E-state index in [0.29, 0.717) is 23.7 Å². The zero-order chi connectivity index (χ0) is 18.4. The molecule has 8 heteroatoms. The highest BCUT2D eigenvalue weighted by atomic mass is 79.9. The number of carbonyl (C=O) groups is 1. The van der Waals surface area contributed by atoms with Gasteiger partial charge in [0, 0.05) is 10.9 Å². The molecule has 0 fully saturated rings. The first-order valence-electron chi connectivity index (χ1n) is 7.81. The summed E-state index contributed by atoms with van der Waals surface area (Å²) in [5.74, 6) is 1.32. The zero-order valence-electron chi connectivity index (χ0n) is 13.9. The van der Waals surface area contributed by atoms with Crippen molar-refractivity contribution >= 4 is 38.3 Å². The van der Waals surface area contributed by atoms with Gasteiger partial charge in [-0.25, -0.2) is 0 Å². The van der Waals surface area contributed by atoms with Crippen molar-refractivity contribution in [3.63, 3.8) is 0 Å². The average molecular weight is 434 g/mol. The standard InChI is InChI=1S/C18H16BrN3O3S/c1-24-12-6-8-13(9-7-12)25-11-10-16-21-22-18(26-16)20-17(23)14-4-2-3-5-15(14)19/h2-9H,10-11H2,1H3,(H,20,22,23). The first-order chi connectivity index (χ1) is 12.7. The molecule has 0 aliphatic rings. The minimum Gasteiger partial charge on any atom is -0.497 e. The van der Waals surface area contributed by atoms with Crippen LogP contribution in [0.5, 0.6) is 11.5 Å². The van der Waals surface area contributed by atoms with Gasteiger partial charge in [0.15, 0.2) is 0 Å². The molecule has 2 aromatic carbocycles. The highest BCUT2D eigenvalue weighted by Crippen LogP contribution is 2.21. The van der Waals surface area contributed by atoms with Crippen molar-refractivity contribution in [2.45, 2.75) is 6.42 Å². The van der Waals surface area contributed by atoms with E-state index in [1.165, 1.54) is 11.3 Å². The first kappa shape index (κ1) is 18.3. The molecule has 1 aromatic heterocycles. The lowest BCUT2D eigenvalue weighted by Gasteiger charge is -2.05. The van der Waals surface area contributed by atoms with Gasteiger partial charge in [0.05, 0.1) is 19.3 Å². The monoisotopic (exact) mass is 433 g/mol. The topological polar surface area (TPSA) is 73.3 Å². The molecule has 134 valence electrons. The maximum atomic E-state index is 12.3. The first-order valence-corrected chi connectivity index (χ1v) is 9.42. The summed E-state index contributed by atoms with van der Waals surface area (Å²) in [6.07, 6.45) is 0.606. The number of benzene rings is 2. The predicted molar refractivity (Wildman–Crippen MR) is 104 cm³/mol. The van der Waals surface area contributed by atoms with Crippen molar-refractivity contribution in [3.05, 3.63) is 63.6 Å². The maximum Gasteiger partial charge on any atom is 0.258 e. The molecule has 26 heavy (non-hydrogen) atoms. The number of aromatic nitrogens is 2. The lowest BCUT2D eigenvalue weighted by molar-refractivity contribution is 0.102. The highest BCUT2D eigenvalue weighted by Gasteiger charge is 2.12. The Morgan fingerprint density at radius 3 is 2.58 bits per heavy atom. The second-order valence-electron chi connectivity index (χ2n) is 5.21. The van der Waals surface area contributed by atoms with E-state index < -0.39 is 0 Å². The smallest absolute Gasteiger partial charge is 0.258 e. The van der Waals surface area contributed by atoms with Gasteiger partial charge in [0.1, 0.15) is 16.5 Å². The van der Waals surface area contributed by atoms with Crippen LogP contribution in [-0.2, 0) is 6.42 Å². The molecule has 0 bridgehead atoms. The summed E-state index contributed by atoms with van der Waals surface area (Å²) in [4.78, 5) is 12.3. The molecule has 3 aromatic rings. The molecule has 0 unspecified atom stereocenters. The van der Waals surface area contributed by atoms with Crippen molar-refractivity contribution in [1.82, 2.24) is 10.2 Å². The highest BCUT2D eigenvalue weighted by molar-refractivity contribution is 9.10. The van der Waals surface area contributed by atoms with E-state index in [-0.39, 0.29) is 5.91 Å². The summed E-state index contributed by atoms with van der Waals surface area (Å²) in [7, 11) is 1.62. The Hall–Kier alpha value is -2.45. The van der Waals surface area contributed by atoms with Gasteiger partial charge in [0.25, 0.3) is 5.91 Å². The van der Waals surface area contributed by atoms with Crippen LogP contribution in [0.3, 0.4) is 0 Å². The normalized spacial score (nSPS) is 10.4. The van der Waals surface area contributed by atoms with Crippen LogP contribution in [0.2, 0.25) is 0 Å². The van der Waals surface area contributed by atoms with Gasteiger partial charge >= 0.3 is 0 Å². The molecule has 0 radical (unpaired) electrons. The maximum absolute atomic E-state index is 12.3. The van der Waals surface area contributed by atoms with E-state index >= 15 is 0 Å². The van der Waals surface area contributed by atoms with Crippen LogP contribution in [0.15, 0.2) is 53.0 Å². The van der Waals surface area contributed by atoms with Crippen molar-refractivity contribution in [3.8, 4) is 11.5 Å². The van der Waals surface area contributed by atoms with Gasteiger partial charge in [-0.05, 0) is 52.3 Å². The number of rotatable bonds is 7. The molecule has 0 aliphatic carbocycles. The van der Waals surface area contributed by atoms with E-state index in [4.69, 9.17) is 9.47 Å². The second kappa shape index (κ2) is 8.77. The Morgan fingerprint density at radius 2 is 1.85 bits per heavy atom. The fourth-order valence-electron chi connectivity index (χ4n) is 2.14. The molecule has 0 saturated carbocycles. The minimum absolute atomic E-state index is 0.227. The number of halogens is 1. The van der Waals surface area contributed by atoms with Crippen molar-refractivity contribution in [2.24, 2.45) is 0 Å². The second-order valence-corrected chi connectivity index (χ2v) is 7.13. The number of methoxy groups -OCH3 is 1. The van der Waals surface area contributed by atoms with E-state index in [1.54, 1.807) is 13.2 Å². The molecule has 0 saturated heterocycles. The Balaban J connectivity index is 1.51. The molecule has 0 atom stereocenters. The summed E-state index contributed by atoms with van der Waals surface area (Å²) in [5.41, 5.74) is 0.548. The van der Waals surface area contributed by atoms with Crippen LogP contribution >= 0.6 is 27.3 Å². The molecular weight excluding hydrogens is 418 g/mol. The van der Waals surface area contributed by atoms with E-state index in [1.807, 2.05) is 42.5 Å². The van der Waals surface area contributed by atoms with Gasteiger partial charge in [-0.15, -0.1) is 10.2 Å². The molecule has 0 aliphatic heterocycles.